The first kappa shape index (κ1) is 17.7. The summed E-state index contributed by atoms with van der Waals surface area (Å²) in [5, 5.41) is 2.72. The number of alkyl halides is 3. The maximum Gasteiger partial charge on any atom is 0.422 e. The Labute approximate surface area is 136 Å². The first-order chi connectivity index (χ1) is 11.2. The number of aryl methyl sites for hydroxylation is 1. The van der Waals surface area contributed by atoms with Crippen molar-refractivity contribution in [2.75, 3.05) is 6.61 Å². The van der Waals surface area contributed by atoms with Gasteiger partial charge in [0, 0.05) is 6.20 Å². The number of nitrogens with one attached hydrogen (secondary N) is 1. The molecule has 0 bridgehead atoms. The molecule has 1 unspecified atom stereocenters. The van der Waals surface area contributed by atoms with E-state index in [2.05, 4.69) is 15.3 Å². The highest BCUT2D eigenvalue weighted by molar-refractivity contribution is 5.92. The predicted molar refractivity (Wildman–Crippen MR) is 80.6 cm³/mol. The third-order valence-corrected chi connectivity index (χ3v) is 3.10. The summed E-state index contributed by atoms with van der Waals surface area (Å²) in [7, 11) is 0. The lowest BCUT2D eigenvalue weighted by Crippen LogP contribution is -2.27. The van der Waals surface area contributed by atoms with Crippen molar-refractivity contribution in [2.24, 2.45) is 0 Å². The van der Waals surface area contributed by atoms with Crippen LogP contribution in [0.5, 0.6) is 5.75 Å². The number of hydrogen-bond donors (Lipinski definition) is 1. The summed E-state index contributed by atoms with van der Waals surface area (Å²) in [5.41, 5.74) is 1.40. The number of nitrogens with zero attached hydrogens (tertiary/aromatic N) is 2. The van der Waals surface area contributed by atoms with Crippen LogP contribution in [0.15, 0.2) is 36.7 Å². The van der Waals surface area contributed by atoms with E-state index < -0.39 is 24.7 Å². The second-order valence-corrected chi connectivity index (χ2v) is 5.22. The summed E-state index contributed by atoms with van der Waals surface area (Å²) in [6, 6.07) is 5.70. The molecule has 1 heterocycles. The lowest BCUT2D eigenvalue weighted by Gasteiger charge is -2.16. The van der Waals surface area contributed by atoms with Crippen LogP contribution in [0.3, 0.4) is 0 Å². The van der Waals surface area contributed by atoms with E-state index in [1.807, 2.05) is 0 Å². The van der Waals surface area contributed by atoms with Crippen molar-refractivity contribution >= 4 is 5.91 Å². The van der Waals surface area contributed by atoms with E-state index in [1.165, 1.54) is 24.5 Å². The van der Waals surface area contributed by atoms with E-state index in [9.17, 15) is 18.0 Å². The molecule has 0 aliphatic heterocycles. The third kappa shape index (κ3) is 5.22. The topological polar surface area (TPSA) is 64.1 Å². The van der Waals surface area contributed by atoms with Crippen LogP contribution in [0, 0.1) is 6.92 Å². The van der Waals surface area contributed by atoms with E-state index in [1.54, 1.807) is 26.0 Å². The minimum Gasteiger partial charge on any atom is -0.484 e. The van der Waals surface area contributed by atoms with E-state index in [0.717, 1.165) is 0 Å². The second kappa shape index (κ2) is 7.29. The number of carbonyl (C=O) groups is 1. The zero-order chi connectivity index (χ0) is 17.7. The summed E-state index contributed by atoms with van der Waals surface area (Å²) in [6.45, 7) is 2.06. The van der Waals surface area contributed by atoms with Crippen LogP contribution in [-0.2, 0) is 0 Å². The van der Waals surface area contributed by atoms with Crippen LogP contribution in [0.2, 0.25) is 0 Å². The average Bonchev–Trinajstić information content (AvgIpc) is 2.52. The van der Waals surface area contributed by atoms with Crippen molar-refractivity contribution in [1.29, 1.82) is 0 Å². The molecule has 8 heteroatoms. The number of benzene rings is 1. The van der Waals surface area contributed by atoms with Crippen LogP contribution in [0.1, 0.15) is 34.7 Å². The molecule has 128 valence electrons. The molecule has 1 amide bonds. The van der Waals surface area contributed by atoms with E-state index >= 15 is 0 Å². The highest BCUT2D eigenvalue weighted by Crippen LogP contribution is 2.22. The van der Waals surface area contributed by atoms with Crippen molar-refractivity contribution in [1.82, 2.24) is 15.3 Å². The third-order valence-electron chi connectivity index (χ3n) is 3.10. The number of aromatic nitrogens is 2. The molecule has 1 atom stereocenters. The Kier molecular flexibility index (Phi) is 5.38. The minimum absolute atomic E-state index is 0.0845. The highest BCUT2D eigenvalue weighted by Gasteiger charge is 2.28. The van der Waals surface area contributed by atoms with E-state index in [-0.39, 0.29) is 11.4 Å². The molecule has 0 fully saturated rings. The van der Waals surface area contributed by atoms with Crippen molar-refractivity contribution in [3.8, 4) is 5.75 Å². The van der Waals surface area contributed by atoms with Gasteiger partial charge in [0.2, 0.25) is 0 Å². The normalized spacial score (nSPS) is 12.5. The Bertz CT molecular complexity index is 720. The molecule has 0 saturated heterocycles. The van der Waals surface area contributed by atoms with Gasteiger partial charge in [0.25, 0.3) is 5.91 Å². The molecule has 0 saturated carbocycles. The Morgan fingerprint density at radius 3 is 2.75 bits per heavy atom. The van der Waals surface area contributed by atoms with Crippen LogP contribution in [0.25, 0.3) is 0 Å². The number of hydrogen-bond acceptors (Lipinski definition) is 4. The van der Waals surface area contributed by atoms with Gasteiger partial charge in [-0.1, -0.05) is 12.1 Å². The zero-order valence-corrected chi connectivity index (χ0v) is 13.1. The summed E-state index contributed by atoms with van der Waals surface area (Å²) < 4.78 is 41.3. The van der Waals surface area contributed by atoms with Crippen molar-refractivity contribution in [2.45, 2.75) is 26.1 Å². The Morgan fingerprint density at radius 1 is 1.33 bits per heavy atom. The molecule has 1 aromatic carbocycles. The van der Waals surface area contributed by atoms with Gasteiger partial charge in [-0.25, -0.2) is 4.98 Å². The highest BCUT2D eigenvalue weighted by atomic mass is 19.4. The number of carbonyl (C=O) groups excluding carboxylic acids is 1. The quantitative estimate of drug-likeness (QED) is 0.908. The van der Waals surface area contributed by atoms with E-state index in [4.69, 9.17) is 4.74 Å². The Hall–Kier alpha value is -2.64. The van der Waals surface area contributed by atoms with Crippen molar-refractivity contribution < 1.29 is 22.7 Å². The number of rotatable bonds is 5. The molecular weight excluding hydrogens is 323 g/mol. The van der Waals surface area contributed by atoms with Gasteiger partial charge >= 0.3 is 6.18 Å². The molecular formula is C16H16F3N3O2. The summed E-state index contributed by atoms with van der Waals surface area (Å²) in [6.07, 6.45) is -1.53. The van der Waals surface area contributed by atoms with Gasteiger partial charge < -0.3 is 10.1 Å². The van der Waals surface area contributed by atoms with Crippen molar-refractivity contribution in [3.63, 3.8) is 0 Å². The fraction of sp³-hybridized carbons (Fsp3) is 0.312. The zero-order valence-electron chi connectivity index (χ0n) is 13.1. The molecule has 0 radical (unpaired) electrons. The molecule has 24 heavy (non-hydrogen) atoms. The molecule has 2 rings (SSSR count). The van der Waals surface area contributed by atoms with Gasteiger partial charge in [0.1, 0.15) is 11.4 Å². The number of halogens is 3. The van der Waals surface area contributed by atoms with Crippen LogP contribution in [-0.4, -0.2) is 28.7 Å². The Balaban J connectivity index is 2.04. The first-order valence-electron chi connectivity index (χ1n) is 7.13. The molecule has 0 aliphatic rings. The fourth-order valence-corrected chi connectivity index (χ4v) is 1.97. The predicted octanol–water partition coefficient (Wildman–Crippen LogP) is 3.22. The monoisotopic (exact) mass is 339 g/mol. The van der Waals surface area contributed by atoms with Gasteiger partial charge in [-0.2, -0.15) is 13.2 Å². The van der Waals surface area contributed by atoms with Gasteiger partial charge in [-0.05, 0) is 31.5 Å². The molecule has 0 spiro atoms. The lowest BCUT2D eigenvalue weighted by molar-refractivity contribution is -0.153. The number of amides is 1. The fourth-order valence-electron chi connectivity index (χ4n) is 1.97. The van der Waals surface area contributed by atoms with Crippen molar-refractivity contribution in [3.05, 3.63) is 53.6 Å². The Morgan fingerprint density at radius 2 is 2.08 bits per heavy atom. The molecule has 0 aliphatic carbocycles. The van der Waals surface area contributed by atoms with Gasteiger partial charge in [-0.3, -0.25) is 9.78 Å². The SMILES string of the molecule is Cc1cncc(C(=O)NC(C)c2cccc(OCC(F)(F)F)c2)n1. The van der Waals surface area contributed by atoms with Gasteiger partial charge in [0.15, 0.2) is 6.61 Å². The maximum absolute atomic E-state index is 12.2. The first-order valence-corrected chi connectivity index (χ1v) is 7.13. The van der Waals surface area contributed by atoms with Gasteiger partial charge in [0.05, 0.1) is 17.9 Å². The van der Waals surface area contributed by atoms with E-state index in [0.29, 0.717) is 11.3 Å². The van der Waals surface area contributed by atoms with Crippen LogP contribution >= 0.6 is 0 Å². The lowest BCUT2D eigenvalue weighted by atomic mass is 10.1. The van der Waals surface area contributed by atoms with Crippen LogP contribution in [0.4, 0.5) is 13.2 Å². The molecule has 1 N–H and O–H groups in total. The molecule has 1 aromatic heterocycles. The van der Waals surface area contributed by atoms with Gasteiger partial charge in [-0.15, -0.1) is 0 Å². The maximum atomic E-state index is 12.2. The summed E-state index contributed by atoms with van der Waals surface area (Å²) in [4.78, 5) is 20.1. The molecule has 2 aromatic rings. The number of ether oxygens (including phenoxy) is 1. The van der Waals surface area contributed by atoms with Crippen LogP contribution < -0.4 is 10.1 Å². The molecule has 5 nitrogen and oxygen atoms in total. The summed E-state index contributed by atoms with van der Waals surface area (Å²) in [5.74, 6) is -0.332. The second-order valence-electron chi connectivity index (χ2n) is 5.22. The standard InChI is InChI=1S/C16H16F3N3O2/c1-10-7-20-8-14(21-10)15(23)22-11(2)12-4-3-5-13(6-12)24-9-16(17,18)19/h3-8,11H,9H2,1-2H3,(H,22,23). The minimum atomic E-state index is -4.40. The average molecular weight is 339 g/mol. The summed E-state index contributed by atoms with van der Waals surface area (Å²) >= 11 is 0. The smallest absolute Gasteiger partial charge is 0.422 e. The largest absolute Gasteiger partial charge is 0.484 e.